The molecule has 1 aliphatic carbocycles. The largest absolute Gasteiger partial charge is 0.444 e. The zero-order chi connectivity index (χ0) is 24.0. The Hall–Kier alpha value is -2.12. The van der Waals surface area contributed by atoms with Crippen LogP contribution in [-0.4, -0.2) is 57.9 Å². The lowest BCUT2D eigenvalue weighted by Crippen LogP contribution is -2.57. The first-order valence-electron chi connectivity index (χ1n) is 12.3. The van der Waals surface area contributed by atoms with Gasteiger partial charge in [-0.1, -0.05) is 62.4 Å². The average Bonchev–Trinajstić information content (AvgIpc) is 2.81. The Bertz CT molecular complexity index is 773. The molecule has 2 amide bonds. The van der Waals surface area contributed by atoms with Crippen molar-refractivity contribution in [3.63, 3.8) is 0 Å². The first-order valence-corrected chi connectivity index (χ1v) is 12.3. The topological polar surface area (TPSA) is 99.1 Å². The van der Waals surface area contributed by atoms with E-state index in [-0.39, 0.29) is 5.91 Å². The Balaban J connectivity index is 1.75. The number of benzene rings is 1. The Morgan fingerprint density at radius 1 is 1.09 bits per heavy atom. The van der Waals surface area contributed by atoms with Crippen LogP contribution in [0.1, 0.15) is 77.4 Å². The molecule has 1 aromatic rings. The molecule has 7 nitrogen and oxygen atoms in total. The molecule has 2 fully saturated rings. The zero-order valence-electron chi connectivity index (χ0n) is 20.2. The van der Waals surface area contributed by atoms with Crippen LogP contribution in [0.25, 0.3) is 0 Å². The lowest BCUT2D eigenvalue weighted by atomic mass is 9.74. The fourth-order valence-corrected chi connectivity index (χ4v) is 5.20. The van der Waals surface area contributed by atoms with Gasteiger partial charge < -0.3 is 20.3 Å². The number of piperidine rings is 1. The highest BCUT2D eigenvalue weighted by Gasteiger charge is 2.41. The van der Waals surface area contributed by atoms with Crippen molar-refractivity contribution in [1.29, 1.82) is 0 Å². The van der Waals surface area contributed by atoms with Crippen molar-refractivity contribution >= 4 is 12.0 Å². The highest BCUT2D eigenvalue weighted by atomic mass is 16.6. The van der Waals surface area contributed by atoms with Gasteiger partial charge in [-0.3, -0.25) is 9.69 Å². The number of carbonyl (C=O) groups is 2. The Kier molecular flexibility index (Phi) is 8.76. The molecule has 0 bridgehead atoms. The number of nitrogens with one attached hydrogen (secondary N) is 1. The van der Waals surface area contributed by atoms with Gasteiger partial charge in [-0.15, -0.1) is 0 Å². The van der Waals surface area contributed by atoms with Crippen LogP contribution in [0.3, 0.4) is 0 Å². The van der Waals surface area contributed by atoms with Gasteiger partial charge in [0, 0.05) is 6.54 Å². The molecular formula is C26H40N2O5. The highest BCUT2D eigenvalue weighted by Crippen LogP contribution is 2.38. The molecule has 1 saturated carbocycles. The van der Waals surface area contributed by atoms with Gasteiger partial charge in [-0.05, 0) is 51.0 Å². The van der Waals surface area contributed by atoms with Crippen molar-refractivity contribution in [2.24, 2.45) is 11.8 Å². The highest BCUT2D eigenvalue weighted by molar-refractivity contribution is 5.86. The number of amides is 2. The monoisotopic (exact) mass is 460 g/mol. The Morgan fingerprint density at radius 3 is 2.36 bits per heavy atom. The summed E-state index contributed by atoms with van der Waals surface area (Å²) in [4.78, 5) is 27.9. The predicted molar refractivity (Wildman–Crippen MR) is 126 cm³/mol. The third-order valence-corrected chi connectivity index (χ3v) is 6.94. The van der Waals surface area contributed by atoms with Crippen molar-refractivity contribution in [3.05, 3.63) is 35.9 Å². The molecular weight excluding hydrogens is 420 g/mol. The van der Waals surface area contributed by atoms with Gasteiger partial charge >= 0.3 is 6.09 Å². The van der Waals surface area contributed by atoms with Gasteiger partial charge in [-0.25, -0.2) is 4.79 Å². The number of rotatable bonds is 6. The molecule has 33 heavy (non-hydrogen) atoms. The number of nitrogens with zero attached hydrogens (tertiary/aromatic N) is 1. The van der Waals surface area contributed by atoms with Crippen LogP contribution in [-0.2, 0) is 9.53 Å². The minimum absolute atomic E-state index is 0.351. The van der Waals surface area contributed by atoms with Crippen molar-refractivity contribution in [2.75, 3.05) is 13.2 Å². The van der Waals surface area contributed by atoms with Crippen molar-refractivity contribution < 1.29 is 24.5 Å². The SMILES string of the molecule is CC(C)(C)OC(=O)N1CCC(C2CCCCC2)CC1C(=O)NC(CO)C(O)c1ccccc1. The molecule has 1 aromatic carbocycles. The molecule has 0 spiro atoms. The molecule has 184 valence electrons. The quantitative estimate of drug-likeness (QED) is 0.600. The van der Waals surface area contributed by atoms with Gasteiger partial charge in [0.25, 0.3) is 0 Å². The molecule has 1 aliphatic heterocycles. The lowest BCUT2D eigenvalue weighted by molar-refractivity contribution is -0.131. The summed E-state index contributed by atoms with van der Waals surface area (Å²) in [6, 6.07) is 7.41. The summed E-state index contributed by atoms with van der Waals surface area (Å²) in [6.45, 7) is 5.50. The molecule has 3 rings (SSSR count). The van der Waals surface area contributed by atoms with Gasteiger partial charge in [0.2, 0.25) is 5.91 Å². The number of likely N-dealkylation sites (tertiary alicyclic amines) is 1. The van der Waals surface area contributed by atoms with Gasteiger partial charge in [0.05, 0.1) is 12.6 Å². The number of aliphatic hydroxyl groups excluding tert-OH is 2. The number of carbonyl (C=O) groups excluding carboxylic acids is 2. The van der Waals surface area contributed by atoms with Crippen LogP contribution < -0.4 is 5.32 Å². The minimum atomic E-state index is -1.05. The van der Waals surface area contributed by atoms with Gasteiger partial charge in [-0.2, -0.15) is 0 Å². The van der Waals surface area contributed by atoms with E-state index < -0.39 is 36.5 Å². The molecule has 4 unspecified atom stereocenters. The molecule has 7 heteroatoms. The maximum absolute atomic E-state index is 13.4. The Labute approximate surface area is 197 Å². The maximum atomic E-state index is 13.4. The minimum Gasteiger partial charge on any atom is -0.444 e. The molecule has 0 aromatic heterocycles. The standard InChI is InChI=1S/C26H40N2O5/c1-26(2,3)33-25(32)28-15-14-20(18-10-6-4-7-11-18)16-22(28)24(31)27-21(17-29)23(30)19-12-8-5-9-13-19/h5,8-9,12-13,18,20-23,29-30H,4,6-7,10-11,14-17H2,1-3H3,(H,27,31). The van der Waals surface area contributed by atoms with E-state index in [1.54, 1.807) is 24.3 Å². The first kappa shape index (κ1) is 25.5. The van der Waals surface area contributed by atoms with E-state index >= 15 is 0 Å². The van der Waals surface area contributed by atoms with Crippen LogP contribution in [0.5, 0.6) is 0 Å². The zero-order valence-corrected chi connectivity index (χ0v) is 20.2. The summed E-state index contributed by atoms with van der Waals surface area (Å²) >= 11 is 0. The van der Waals surface area contributed by atoms with E-state index in [2.05, 4.69) is 5.32 Å². The number of aliphatic hydroxyl groups is 2. The molecule has 2 aliphatic rings. The second-order valence-corrected chi connectivity index (χ2v) is 10.5. The van der Waals surface area contributed by atoms with Crippen molar-refractivity contribution in [2.45, 2.75) is 89.5 Å². The molecule has 4 atom stereocenters. The van der Waals surface area contributed by atoms with Crippen molar-refractivity contribution in [1.82, 2.24) is 10.2 Å². The number of hydrogen-bond donors (Lipinski definition) is 3. The van der Waals surface area contributed by atoms with Crippen LogP contribution in [0.4, 0.5) is 4.79 Å². The third-order valence-electron chi connectivity index (χ3n) is 6.94. The summed E-state index contributed by atoms with van der Waals surface area (Å²) in [5, 5.41) is 23.5. The molecule has 0 radical (unpaired) electrons. The molecule has 1 saturated heterocycles. The van der Waals surface area contributed by atoms with E-state index in [1.807, 2.05) is 26.8 Å². The maximum Gasteiger partial charge on any atom is 0.410 e. The van der Waals surface area contributed by atoms with E-state index in [0.717, 1.165) is 6.42 Å². The smallest absolute Gasteiger partial charge is 0.410 e. The summed E-state index contributed by atoms with van der Waals surface area (Å²) in [7, 11) is 0. The average molecular weight is 461 g/mol. The first-order chi connectivity index (χ1) is 15.7. The fraction of sp³-hybridized carbons (Fsp3) is 0.692. The molecule has 1 heterocycles. The fourth-order valence-electron chi connectivity index (χ4n) is 5.20. The van der Waals surface area contributed by atoms with Crippen LogP contribution in [0, 0.1) is 11.8 Å². The number of ether oxygens (including phenoxy) is 1. The summed E-state index contributed by atoms with van der Waals surface area (Å²) in [5.41, 5.74) is -0.0419. The normalized spacial score (nSPS) is 24.1. The van der Waals surface area contributed by atoms with E-state index in [1.165, 1.54) is 37.0 Å². The second kappa shape index (κ2) is 11.3. The van der Waals surface area contributed by atoms with Gasteiger partial charge in [0.1, 0.15) is 17.7 Å². The Morgan fingerprint density at radius 2 is 1.76 bits per heavy atom. The summed E-state index contributed by atoms with van der Waals surface area (Å²) in [6.07, 6.45) is 5.98. The third kappa shape index (κ3) is 6.93. The lowest BCUT2D eigenvalue weighted by Gasteiger charge is -2.42. The predicted octanol–water partition coefficient (Wildman–Crippen LogP) is 3.79. The van der Waals surface area contributed by atoms with Crippen LogP contribution in [0.2, 0.25) is 0 Å². The number of hydrogen-bond acceptors (Lipinski definition) is 5. The second-order valence-electron chi connectivity index (χ2n) is 10.5. The van der Waals surface area contributed by atoms with E-state index in [4.69, 9.17) is 4.74 Å². The summed E-state index contributed by atoms with van der Waals surface area (Å²) in [5.74, 6) is 0.611. The van der Waals surface area contributed by atoms with Crippen LogP contribution >= 0.6 is 0 Å². The van der Waals surface area contributed by atoms with Crippen LogP contribution in [0.15, 0.2) is 30.3 Å². The van der Waals surface area contributed by atoms with E-state index in [9.17, 15) is 19.8 Å². The summed E-state index contributed by atoms with van der Waals surface area (Å²) < 4.78 is 5.59. The molecule has 3 N–H and O–H groups in total. The van der Waals surface area contributed by atoms with Gasteiger partial charge in [0.15, 0.2) is 0 Å². The van der Waals surface area contributed by atoms with E-state index in [0.29, 0.717) is 30.4 Å². The van der Waals surface area contributed by atoms with Crippen molar-refractivity contribution in [3.8, 4) is 0 Å².